The molecule has 10 nitrogen and oxygen atoms in total. The number of phenols is 1. The lowest BCUT2D eigenvalue weighted by Gasteiger charge is -2.31. The van der Waals surface area contributed by atoms with Gasteiger partial charge in [0.05, 0.1) is 18.6 Å². The van der Waals surface area contributed by atoms with Gasteiger partial charge in [-0.1, -0.05) is 69.7 Å². The number of phenolic OH excluding ortho intramolecular Hbond substituents is 1. The van der Waals surface area contributed by atoms with Crippen molar-refractivity contribution in [3.63, 3.8) is 0 Å². The predicted octanol–water partition coefficient (Wildman–Crippen LogP) is 7.18. The number of carboxylic acid groups (broad SMARTS) is 2. The third kappa shape index (κ3) is 14.7. The molecule has 1 heterocycles. The summed E-state index contributed by atoms with van der Waals surface area (Å²) in [4.78, 5) is 20.0. The molecule has 0 saturated heterocycles. The summed E-state index contributed by atoms with van der Waals surface area (Å²) in [6.07, 6.45) is 11.4. The van der Waals surface area contributed by atoms with Gasteiger partial charge in [0.15, 0.2) is 5.25 Å². The molecular weight excluding hydrogens is 586 g/mol. The number of hydrogen-bond donors (Lipinski definition) is 5. The van der Waals surface area contributed by atoms with Crippen LogP contribution < -0.4 is 10.1 Å². The molecule has 0 aliphatic carbocycles. The Morgan fingerprint density at radius 2 is 1.57 bits per heavy atom. The van der Waals surface area contributed by atoms with E-state index in [4.69, 9.17) is 19.5 Å². The third-order valence-corrected chi connectivity index (χ3v) is 7.88. The average Bonchev–Trinajstić information content (AvgIpc) is 2.92. The van der Waals surface area contributed by atoms with Gasteiger partial charge in [-0.15, -0.1) is 0 Å². The molecule has 3 rings (SSSR count). The quantitative estimate of drug-likeness (QED) is 0.106. The minimum absolute atomic E-state index is 0.0320. The summed E-state index contributed by atoms with van der Waals surface area (Å²) in [5.41, 5.74) is 4.86. The Bertz CT molecular complexity index is 1340. The molecule has 0 amide bonds. The number of carboxylic acids is 2. The zero-order valence-electron chi connectivity index (χ0n) is 26.5. The van der Waals surface area contributed by atoms with Crippen LogP contribution in [0.4, 0.5) is 5.69 Å². The summed E-state index contributed by atoms with van der Waals surface area (Å²) < 4.78 is 34.2. The van der Waals surface area contributed by atoms with Crippen LogP contribution in [0.2, 0.25) is 0 Å². The second-order valence-corrected chi connectivity index (χ2v) is 12.9. The van der Waals surface area contributed by atoms with Crippen molar-refractivity contribution < 1.29 is 42.6 Å². The fraction of sp³-hybridized carbons (Fsp3) is 0.515. The van der Waals surface area contributed by atoms with Crippen molar-refractivity contribution in [2.24, 2.45) is 0 Å². The molecule has 0 spiro atoms. The van der Waals surface area contributed by atoms with E-state index in [9.17, 15) is 23.1 Å². The van der Waals surface area contributed by atoms with Crippen LogP contribution >= 0.6 is 0 Å². The number of aryl methyl sites for hydroxylation is 1. The molecule has 11 heteroatoms. The number of unbranched alkanes of at least 4 members (excludes halogenated alkanes) is 6. The van der Waals surface area contributed by atoms with Crippen molar-refractivity contribution >= 4 is 33.3 Å². The van der Waals surface area contributed by atoms with Gasteiger partial charge in [-0.25, -0.2) is 0 Å². The Kier molecular flexibility index (Phi) is 16.6. The number of anilines is 1. The summed E-state index contributed by atoms with van der Waals surface area (Å²) in [7, 11) is -4.84. The second kappa shape index (κ2) is 19.0. The molecule has 1 atom stereocenters. The minimum Gasteiger partial charge on any atom is -0.508 e. The van der Waals surface area contributed by atoms with E-state index in [2.05, 4.69) is 51.2 Å². The zero-order chi connectivity index (χ0) is 33.3. The number of rotatable bonds is 14. The standard InChI is InChI=1S/C15H24O.C14H19NO.C4H6O7S/c1-2-3-4-5-6-7-8-11-14-12-9-10-13-15(14)16;1-5-16-11-6-7-13-12(8-11)10(2)9-14(3,4)15-13;5-3(6)1-2(4(7)8)12(9,10)11/h9-10,12-13,16H,2-8,11H2,1H3;6-9,15H,5H2,1-4H3;2H,1H2,(H,5,6)(H,7,8)(H,9,10,11). The lowest BCUT2D eigenvalue weighted by molar-refractivity contribution is -0.143. The van der Waals surface area contributed by atoms with E-state index in [1.165, 1.54) is 61.8 Å². The first-order valence-electron chi connectivity index (χ1n) is 15.0. The maximum Gasteiger partial charge on any atom is 0.325 e. The Morgan fingerprint density at radius 1 is 0.955 bits per heavy atom. The summed E-state index contributed by atoms with van der Waals surface area (Å²) in [5.74, 6) is -2.11. The first-order valence-corrected chi connectivity index (χ1v) is 16.5. The number of fused-ring (bicyclic) bond motifs is 1. The first-order chi connectivity index (χ1) is 20.6. The van der Waals surface area contributed by atoms with Gasteiger partial charge in [0.25, 0.3) is 10.1 Å². The van der Waals surface area contributed by atoms with Crippen LogP contribution in [0, 0.1) is 0 Å². The molecule has 246 valence electrons. The van der Waals surface area contributed by atoms with Crippen LogP contribution in [0.25, 0.3) is 5.57 Å². The molecule has 0 saturated carbocycles. The van der Waals surface area contributed by atoms with Crippen LogP contribution in [-0.2, 0) is 26.1 Å². The number of benzene rings is 2. The molecule has 0 bridgehead atoms. The molecule has 0 radical (unpaired) electrons. The van der Waals surface area contributed by atoms with Gasteiger partial charge in [0, 0.05) is 11.3 Å². The van der Waals surface area contributed by atoms with Crippen molar-refractivity contribution in [2.45, 2.75) is 103 Å². The zero-order valence-corrected chi connectivity index (χ0v) is 27.3. The summed E-state index contributed by atoms with van der Waals surface area (Å²) in [5, 5.41) is 27.0. The fourth-order valence-corrected chi connectivity index (χ4v) is 5.30. The topological polar surface area (TPSA) is 170 Å². The number of aliphatic carboxylic acids is 2. The molecular formula is C33H49NO9S. The molecule has 1 unspecified atom stereocenters. The van der Waals surface area contributed by atoms with E-state index in [1.807, 2.05) is 31.2 Å². The first kappa shape index (κ1) is 38.5. The highest BCUT2D eigenvalue weighted by atomic mass is 32.2. The van der Waals surface area contributed by atoms with Gasteiger partial charge in [0.2, 0.25) is 0 Å². The van der Waals surface area contributed by atoms with Crippen LogP contribution in [0.3, 0.4) is 0 Å². The summed E-state index contributed by atoms with van der Waals surface area (Å²) in [6.45, 7) is 11.5. The van der Waals surface area contributed by atoms with E-state index in [0.717, 1.165) is 17.7 Å². The van der Waals surface area contributed by atoms with Crippen molar-refractivity contribution in [1.82, 2.24) is 0 Å². The van der Waals surface area contributed by atoms with E-state index in [-0.39, 0.29) is 5.54 Å². The SMILES string of the molecule is CCCCCCCCCc1ccccc1O.CCOc1ccc2c(c1)C(C)=CC(C)(C)N2.O=C(O)CC(C(=O)O)S(=O)(=O)O. The lowest BCUT2D eigenvalue weighted by atomic mass is 9.91. The normalized spacial score (nSPS) is 13.8. The summed E-state index contributed by atoms with van der Waals surface area (Å²) >= 11 is 0. The maximum absolute atomic E-state index is 10.2. The Hall–Kier alpha value is -3.57. The molecule has 2 aromatic rings. The van der Waals surface area contributed by atoms with Crippen LogP contribution in [0.1, 0.15) is 97.1 Å². The lowest BCUT2D eigenvalue weighted by Crippen LogP contribution is -2.31. The fourth-order valence-electron chi connectivity index (χ4n) is 4.69. The van der Waals surface area contributed by atoms with Gasteiger partial charge in [0.1, 0.15) is 11.5 Å². The monoisotopic (exact) mass is 635 g/mol. The highest BCUT2D eigenvalue weighted by molar-refractivity contribution is 7.87. The van der Waals surface area contributed by atoms with Crippen LogP contribution in [0.15, 0.2) is 48.5 Å². The number of ether oxygens (including phenoxy) is 1. The van der Waals surface area contributed by atoms with Gasteiger partial charge >= 0.3 is 11.9 Å². The van der Waals surface area contributed by atoms with Gasteiger partial charge in [-0.2, -0.15) is 8.42 Å². The molecule has 44 heavy (non-hydrogen) atoms. The predicted molar refractivity (Wildman–Crippen MR) is 174 cm³/mol. The molecule has 0 aromatic heterocycles. The number of para-hydroxylation sites is 1. The smallest absolute Gasteiger partial charge is 0.325 e. The number of hydrogen-bond acceptors (Lipinski definition) is 7. The Morgan fingerprint density at radius 3 is 2.09 bits per heavy atom. The Balaban J connectivity index is 0.000000335. The highest BCUT2D eigenvalue weighted by Gasteiger charge is 2.33. The molecule has 1 aliphatic rings. The van der Waals surface area contributed by atoms with E-state index < -0.39 is 33.7 Å². The van der Waals surface area contributed by atoms with E-state index in [1.54, 1.807) is 6.07 Å². The average molecular weight is 636 g/mol. The number of nitrogens with one attached hydrogen (secondary N) is 1. The number of aromatic hydroxyl groups is 1. The van der Waals surface area contributed by atoms with Gasteiger partial charge in [-0.3, -0.25) is 14.1 Å². The van der Waals surface area contributed by atoms with Gasteiger partial charge < -0.3 is 25.4 Å². The van der Waals surface area contributed by atoms with E-state index >= 15 is 0 Å². The summed E-state index contributed by atoms with van der Waals surface area (Å²) in [6, 6.07) is 13.9. The van der Waals surface area contributed by atoms with Crippen molar-refractivity contribution in [3.05, 3.63) is 59.7 Å². The van der Waals surface area contributed by atoms with Gasteiger partial charge in [-0.05, 0) is 75.9 Å². The van der Waals surface area contributed by atoms with Crippen molar-refractivity contribution in [3.8, 4) is 11.5 Å². The molecule has 0 fully saturated rings. The maximum atomic E-state index is 10.2. The third-order valence-electron chi connectivity index (χ3n) is 6.80. The minimum atomic E-state index is -4.84. The largest absolute Gasteiger partial charge is 0.508 e. The van der Waals surface area contributed by atoms with E-state index in [0.29, 0.717) is 12.4 Å². The van der Waals surface area contributed by atoms with Crippen LogP contribution in [0.5, 0.6) is 11.5 Å². The van der Waals surface area contributed by atoms with Crippen molar-refractivity contribution in [2.75, 3.05) is 11.9 Å². The molecule has 2 aromatic carbocycles. The number of carbonyl (C=O) groups is 2. The van der Waals surface area contributed by atoms with Crippen LogP contribution in [-0.4, -0.2) is 57.6 Å². The molecule has 1 aliphatic heterocycles. The van der Waals surface area contributed by atoms with Crippen molar-refractivity contribution in [1.29, 1.82) is 0 Å². The highest BCUT2D eigenvalue weighted by Crippen LogP contribution is 2.35. The second-order valence-electron chi connectivity index (χ2n) is 11.3. The number of allylic oxidation sites excluding steroid dienone is 1. The Labute approximate surface area is 261 Å². The molecule has 5 N–H and O–H groups in total.